The summed E-state index contributed by atoms with van der Waals surface area (Å²) in [7, 11) is 1.45. The van der Waals surface area contributed by atoms with Crippen LogP contribution in [0, 0.1) is 5.82 Å². The average Bonchev–Trinajstić information content (AvgIpc) is 2.02. The third-order valence-electron chi connectivity index (χ3n) is 1.77. The fourth-order valence-corrected chi connectivity index (χ4v) is 1.20. The van der Waals surface area contributed by atoms with Crippen LogP contribution in [-0.2, 0) is 4.79 Å². The van der Waals surface area contributed by atoms with Crippen molar-refractivity contribution < 1.29 is 19.4 Å². The standard InChI is InChI=1S/C9H10FNO3/c1-11-8(9(13)14)5-2-6(10)4-7(12)3-5/h2-4,8,11-12H,1H3,(H,13,14). The first kappa shape index (κ1) is 10.5. The molecule has 0 aromatic heterocycles. The van der Waals surface area contributed by atoms with E-state index in [1.807, 2.05) is 0 Å². The van der Waals surface area contributed by atoms with Crippen LogP contribution < -0.4 is 5.32 Å². The minimum atomic E-state index is -1.13. The van der Waals surface area contributed by atoms with Crippen LogP contribution in [0.4, 0.5) is 4.39 Å². The molecule has 0 heterocycles. The molecule has 0 saturated carbocycles. The smallest absolute Gasteiger partial charge is 0.325 e. The summed E-state index contributed by atoms with van der Waals surface area (Å²) in [5.41, 5.74) is 0.178. The van der Waals surface area contributed by atoms with Crippen molar-refractivity contribution in [3.05, 3.63) is 29.6 Å². The molecule has 1 aromatic carbocycles. The molecule has 0 aliphatic rings. The van der Waals surface area contributed by atoms with Gasteiger partial charge in [0.15, 0.2) is 0 Å². The number of nitrogens with one attached hydrogen (secondary N) is 1. The second-order valence-corrected chi connectivity index (χ2v) is 2.80. The van der Waals surface area contributed by atoms with Crippen LogP contribution in [-0.4, -0.2) is 23.2 Å². The van der Waals surface area contributed by atoms with Crippen LogP contribution >= 0.6 is 0 Å². The van der Waals surface area contributed by atoms with Gasteiger partial charge < -0.3 is 15.5 Å². The molecule has 0 saturated heterocycles. The molecule has 4 nitrogen and oxygen atoms in total. The number of phenolic OH excluding ortho intramolecular Hbond substituents is 1. The molecule has 14 heavy (non-hydrogen) atoms. The van der Waals surface area contributed by atoms with E-state index in [0.29, 0.717) is 0 Å². The molecule has 1 rings (SSSR count). The van der Waals surface area contributed by atoms with Gasteiger partial charge in [0.25, 0.3) is 0 Å². The van der Waals surface area contributed by atoms with Crippen molar-refractivity contribution >= 4 is 5.97 Å². The summed E-state index contributed by atoms with van der Waals surface area (Å²) in [6.07, 6.45) is 0. The Kier molecular flexibility index (Phi) is 3.03. The predicted molar refractivity (Wildman–Crippen MR) is 47.5 cm³/mol. The van der Waals surface area contributed by atoms with Gasteiger partial charge in [-0.15, -0.1) is 0 Å². The molecule has 1 atom stereocenters. The van der Waals surface area contributed by atoms with E-state index in [9.17, 15) is 9.18 Å². The average molecular weight is 199 g/mol. The summed E-state index contributed by atoms with van der Waals surface area (Å²) in [6, 6.07) is 2.17. The van der Waals surface area contributed by atoms with Crippen molar-refractivity contribution in [2.24, 2.45) is 0 Å². The number of carboxylic acid groups (broad SMARTS) is 1. The summed E-state index contributed by atoms with van der Waals surface area (Å²) in [6.45, 7) is 0. The van der Waals surface area contributed by atoms with Crippen LogP contribution in [0.1, 0.15) is 11.6 Å². The molecule has 1 aromatic rings. The zero-order valence-electron chi connectivity index (χ0n) is 7.49. The molecule has 1 unspecified atom stereocenters. The SMILES string of the molecule is CNC(C(=O)O)c1cc(O)cc(F)c1. The van der Waals surface area contributed by atoms with E-state index in [1.54, 1.807) is 0 Å². The van der Waals surface area contributed by atoms with Crippen LogP contribution in [0.2, 0.25) is 0 Å². The number of carbonyl (C=O) groups is 1. The maximum absolute atomic E-state index is 12.8. The Bertz CT molecular complexity index is 334. The highest BCUT2D eigenvalue weighted by Crippen LogP contribution is 2.20. The van der Waals surface area contributed by atoms with E-state index in [1.165, 1.54) is 13.1 Å². The highest BCUT2D eigenvalue weighted by Gasteiger charge is 2.18. The van der Waals surface area contributed by atoms with E-state index in [4.69, 9.17) is 10.2 Å². The zero-order chi connectivity index (χ0) is 10.7. The molecule has 76 valence electrons. The summed E-state index contributed by atoms with van der Waals surface area (Å²) in [4.78, 5) is 10.7. The van der Waals surface area contributed by atoms with Gasteiger partial charge in [0, 0.05) is 6.07 Å². The van der Waals surface area contributed by atoms with Gasteiger partial charge in [-0.1, -0.05) is 0 Å². The highest BCUT2D eigenvalue weighted by molar-refractivity contribution is 5.75. The normalized spacial score (nSPS) is 12.4. The lowest BCUT2D eigenvalue weighted by Crippen LogP contribution is -2.24. The summed E-state index contributed by atoms with van der Waals surface area (Å²) >= 11 is 0. The number of hydrogen-bond donors (Lipinski definition) is 3. The Morgan fingerprint density at radius 3 is 2.57 bits per heavy atom. The minimum Gasteiger partial charge on any atom is -0.508 e. The molecule has 0 fully saturated rings. The lowest BCUT2D eigenvalue weighted by molar-refractivity contribution is -0.139. The van der Waals surface area contributed by atoms with E-state index in [0.717, 1.165) is 12.1 Å². The largest absolute Gasteiger partial charge is 0.508 e. The number of carboxylic acids is 1. The van der Waals surface area contributed by atoms with Crippen molar-refractivity contribution in [1.29, 1.82) is 0 Å². The first-order chi connectivity index (χ1) is 6.54. The second-order valence-electron chi connectivity index (χ2n) is 2.80. The molecular formula is C9H10FNO3. The molecule has 0 radical (unpaired) electrons. The van der Waals surface area contributed by atoms with Gasteiger partial charge in [-0.2, -0.15) is 0 Å². The molecule has 0 spiro atoms. The fourth-order valence-electron chi connectivity index (χ4n) is 1.20. The van der Waals surface area contributed by atoms with Crippen molar-refractivity contribution in [2.45, 2.75) is 6.04 Å². The van der Waals surface area contributed by atoms with Crippen LogP contribution in [0.25, 0.3) is 0 Å². The zero-order valence-corrected chi connectivity index (χ0v) is 7.49. The topological polar surface area (TPSA) is 69.6 Å². The lowest BCUT2D eigenvalue weighted by Gasteiger charge is -2.11. The summed E-state index contributed by atoms with van der Waals surface area (Å²) < 4.78 is 12.8. The number of hydrogen-bond acceptors (Lipinski definition) is 3. The van der Waals surface area contributed by atoms with Crippen molar-refractivity contribution in [1.82, 2.24) is 5.32 Å². The van der Waals surface area contributed by atoms with Gasteiger partial charge in [-0.05, 0) is 24.7 Å². The molecule has 0 amide bonds. The van der Waals surface area contributed by atoms with Crippen LogP contribution in [0.15, 0.2) is 18.2 Å². The number of benzene rings is 1. The Labute approximate surface area is 80.0 Å². The number of phenols is 1. The second kappa shape index (κ2) is 4.06. The minimum absolute atomic E-state index is 0.178. The van der Waals surface area contributed by atoms with E-state index >= 15 is 0 Å². The first-order valence-corrected chi connectivity index (χ1v) is 3.94. The summed E-state index contributed by atoms with van der Waals surface area (Å²) in [5, 5.41) is 20.3. The molecular weight excluding hydrogens is 189 g/mol. The number of aromatic hydroxyl groups is 1. The van der Waals surface area contributed by atoms with Crippen LogP contribution in [0.3, 0.4) is 0 Å². The van der Waals surface area contributed by atoms with Gasteiger partial charge >= 0.3 is 5.97 Å². The third-order valence-corrected chi connectivity index (χ3v) is 1.77. The fraction of sp³-hybridized carbons (Fsp3) is 0.222. The van der Waals surface area contributed by atoms with Gasteiger partial charge in [0.2, 0.25) is 0 Å². The quantitative estimate of drug-likeness (QED) is 0.675. The number of halogens is 1. The summed E-state index contributed by atoms with van der Waals surface area (Å²) in [5.74, 6) is -2.08. The van der Waals surface area contributed by atoms with Crippen molar-refractivity contribution in [3.8, 4) is 5.75 Å². The Morgan fingerprint density at radius 1 is 1.50 bits per heavy atom. The first-order valence-electron chi connectivity index (χ1n) is 3.94. The van der Waals surface area contributed by atoms with Crippen molar-refractivity contribution in [2.75, 3.05) is 7.05 Å². The Hall–Kier alpha value is -1.62. The molecule has 0 bridgehead atoms. The highest BCUT2D eigenvalue weighted by atomic mass is 19.1. The molecule has 5 heteroatoms. The third kappa shape index (κ3) is 2.20. The lowest BCUT2D eigenvalue weighted by atomic mass is 10.1. The number of aliphatic carboxylic acids is 1. The molecule has 0 aliphatic carbocycles. The molecule has 0 aliphatic heterocycles. The van der Waals surface area contributed by atoms with E-state index in [-0.39, 0.29) is 11.3 Å². The maximum Gasteiger partial charge on any atom is 0.325 e. The van der Waals surface area contributed by atoms with Crippen LogP contribution in [0.5, 0.6) is 5.75 Å². The van der Waals surface area contributed by atoms with Gasteiger partial charge in [0.05, 0.1) is 0 Å². The van der Waals surface area contributed by atoms with Gasteiger partial charge in [-0.3, -0.25) is 4.79 Å². The number of likely N-dealkylation sites (N-methyl/N-ethyl adjacent to an activating group) is 1. The van der Waals surface area contributed by atoms with Crippen molar-refractivity contribution in [3.63, 3.8) is 0 Å². The van der Waals surface area contributed by atoms with Gasteiger partial charge in [-0.25, -0.2) is 4.39 Å². The predicted octanol–water partition coefficient (Wildman–Crippen LogP) is 0.876. The molecule has 3 N–H and O–H groups in total. The monoisotopic (exact) mass is 199 g/mol. The van der Waals surface area contributed by atoms with E-state index < -0.39 is 17.8 Å². The number of rotatable bonds is 3. The van der Waals surface area contributed by atoms with Gasteiger partial charge in [0.1, 0.15) is 17.6 Å². The van der Waals surface area contributed by atoms with E-state index in [2.05, 4.69) is 5.32 Å². The Balaban J connectivity index is 3.10. The maximum atomic E-state index is 12.8. The Morgan fingerprint density at radius 2 is 2.14 bits per heavy atom.